The molecule has 1 aliphatic rings. The molecule has 0 bridgehead atoms. The molecule has 2 aromatic carbocycles. The van der Waals surface area contributed by atoms with Gasteiger partial charge in [0.05, 0.1) is 0 Å². The zero-order chi connectivity index (χ0) is 18.8. The molecule has 4 rings (SSSR count). The number of aromatic nitrogens is 1. The number of aliphatic imine (C=N–C) groups is 1. The van der Waals surface area contributed by atoms with Gasteiger partial charge in [0.1, 0.15) is 17.0 Å². The number of nitrogens with zero attached hydrogens (tertiary/aromatic N) is 3. The van der Waals surface area contributed by atoms with Crippen LogP contribution < -0.4 is 0 Å². The molecule has 5 nitrogen and oxygen atoms in total. The highest BCUT2D eigenvalue weighted by atomic mass is 16.3. The van der Waals surface area contributed by atoms with Crippen molar-refractivity contribution in [3.8, 4) is 11.5 Å². The van der Waals surface area contributed by atoms with Crippen LogP contribution in [0, 0.1) is 0 Å². The summed E-state index contributed by atoms with van der Waals surface area (Å²) in [4.78, 5) is 23.2. The van der Waals surface area contributed by atoms with Gasteiger partial charge in [0.2, 0.25) is 5.89 Å². The van der Waals surface area contributed by atoms with Crippen LogP contribution in [0.3, 0.4) is 0 Å². The summed E-state index contributed by atoms with van der Waals surface area (Å²) in [6.07, 6.45) is 3.85. The maximum atomic E-state index is 12.5. The number of unbranched alkanes of at least 4 members (excludes halogenated alkanes) is 1. The highest BCUT2D eigenvalue weighted by Crippen LogP contribution is 2.25. The minimum Gasteiger partial charge on any atom is -0.436 e. The molecule has 0 atom stereocenters. The van der Waals surface area contributed by atoms with Crippen molar-refractivity contribution in [1.29, 1.82) is 0 Å². The summed E-state index contributed by atoms with van der Waals surface area (Å²) in [5, 5.41) is 0. The van der Waals surface area contributed by atoms with Crippen LogP contribution in [-0.2, 0) is 4.79 Å². The Kier molecular flexibility index (Phi) is 4.59. The fourth-order valence-corrected chi connectivity index (χ4v) is 3.12. The van der Waals surface area contributed by atoms with Crippen LogP contribution in [0.5, 0.6) is 0 Å². The van der Waals surface area contributed by atoms with E-state index < -0.39 is 0 Å². The van der Waals surface area contributed by atoms with Crippen molar-refractivity contribution in [2.45, 2.75) is 26.7 Å². The zero-order valence-corrected chi connectivity index (χ0v) is 15.5. The Labute approximate surface area is 158 Å². The third kappa shape index (κ3) is 3.40. The normalized spacial score (nSPS) is 15.8. The molecule has 3 aromatic rings. The summed E-state index contributed by atoms with van der Waals surface area (Å²) in [5.41, 5.74) is 3.92. The third-order valence-electron chi connectivity index (χ3n) is 4.63. The van der Waals surface area contributed by atoms with Gasteiger partial charge < -0.3 is 4.42 Å². The number of fused-ring (bicyclic) bond motifs is 1. The average Bonchev–Trinajstić information content (AvgIpc) is 3.22. The molecule has 0 radical (unpaired) electrons. The number of amides is 1. The fraction of sp³-hybridized carbons (Fsp3) is 0.227. The minimum atomic E-state index is -0.0241. The number of oxazole rings is 1. The lowest BCUT2D eigenvalue weighted by Crippen LogP contribution is -2.31. The van der Waals surface area contributed by atoms with Gasteiger partial charge in [0.15, 0.2) is 5.58 Å². The number of carbonyl (C=O) groups excluding carboxylic acids is 1. The quantitative estimate of drug-likeness (QED) is 0.609. The minimum absolute atomic E-state index is 0.0241. The van der Waals surface area contributed by atoms with Gasteiger partial charge in [-0.25, -0.2) is 9.98 Å². The fourth-order valence-electron chi connectivity index (χ4n) is 3.12. The van der Waals surface area contributed by atoms with Gasteiger partial charge in [-0.05, 0) is 49.2 Å². The van der Waals surface area contributed by atoms with Crippen molar-refractivity contribution in [2.24, 2.45) is 4.99 Å². The molecule has 1 aromatic heterocycles. The molecule has 0 unspecified atom stereocenters. The van der Waals surface area contributed by atoms with Crippen LogP contribution in [0.4, 0.5) is 0 Å². The lowest BCUT2D eigenvalue weighted by molar-refractivity contribution is -0.122. The SMILES string of the molecule is CCCCN1C(=O)/C(=C\c2ccc(-c3nc4ccccc4o3)cc2)N=C1C. The Morgan fingerprint density at radius 1 is 1.11 bits per heavy atom. The number of benzene rings is 2. The first-order chi connectivity index (χ1) is 13.2. The van der Waals surface area contributed by atoms with Gasteiger partial charge in [-0.3, -0.25) is 9.69 Å². The number of amidine groups is 1. The van der Waals surface area contributed by atoms with Gasteiger partial charge in [-0.15, -0.1) is 0 Å². The molecule has 1 aliphatic heterocycles. The maximum Gasteiger partial charge on any atom is 0.277 e. The van der Waals surface area contributed by atoms with E-state index in [0.717, 1.165) is 47.4 Å². The van der Waals surface area contributed by atoms with Gasteiger partial charge in [-0.2, -0.15) is 0 Å². The van der Waals surface area contributed by atoms with Crippen LogP contribution >= 0.6 is 0 Å². The topological polar surface area (TPSA) is 58.7 Å². The van der Waals surface area contributed by atoms with Crippen LogP contribution in [0.25, 0.3) is 28.6 Å². The van der Waals surface area contributed by atoms with Gasteiger partial charge in [0, 0.05) is 12.1 Å². The van der Waals surface area contributed by atoms with Gasteiger partial charge in [-0.1, -0.05) is 37.6 Å². The molecule has 0 fully saturated rings. The lowest BCUT2D eigenvalue weighted by atomic mass is 10.1. The smallest absolute Gasteiger partial charge is 0.277 e. The van der Waals surface area contributed by atoms with Crippen molar-refractivity contribution in [2.75, 3.05) is 6.54 Å². The second-order valence-corrected chi connectivity index (χ2v) is 6.61. The summed E-state index contributed by atoms with van der Waals surface area (Å²) in [6, 6.07) is 15.5. The summed E-state index contributed by atoms with van der Waals surface area (Å²) in [7, 11) is 0. The highest BCUT2D eigenvalue weighted by Gasteiger charge is 2.26. The zero-order valence-electron chi connectivity index (χ0n) is 15.5. The predicted molar refractivity (Wildman–Crippen MR) is 107 cm³/mol. The van der Waals surface area contributed by atoms with E-state index in [-0.39, 0.29) is 5.91 Å². The van der Waals surface area contributed by atoms with Gasteiger partial charge in [0.25, 0.3) is 5.91 Å². The van der Waals surface area contributed by atoms with E-state index in [1.807, 2.05) is 61.5 Å². The summed E-state index contributed by atoms with van der Waals surface area (Å²) < 4.78 is 5.80. The predicted octanol–water partition coefficient (Wildman–Crippen LogP) is 4.90. The largest absolute Gasteiger partial charge is 0.436 e. The second-order valence-electron chi connectivity index (χ2n) is 6.61. The first-order valence-corrected chi connectivity index (χ1v) is 9.20. The van der Waals surface area contributed by atoms with E-state index in [1.165, 1.54) is 0 Å². The maximum absolute atomic E-state index is 12.5. The third-order valence-corrected chi connectivity index (χ3v) is 4.63. The van der Waals surface area contributed by atoms with Crippen molar-refractivity contribution >= 4 is 28.9 Å². The number of rotatable bonds is 5. The average molecular weight is 359 g/mol. The molecule has 2 heterocycles. The monoisotopic (exact) mass is 359 g/mol. The van der Waals surface area contributed by atoms with E-state index in [0.29, 0.717) is 11.6 Å². The number of hydrogen-bond acceptors (Lipinski definition) is 4. The molecule has 0 saturated heterocycles. The molecule has 0 N–H and O–H groups in total. The number of carbonyl (C=O) groups is 1. The second kappa shape index (κ2) is 7.19. The number of para-hydroxylation sites is 2. The Morgan fingerprint density at radius 2 is 1.89 bits per heavy atom. The molecule has 0 aliphatic carbocycles. The summed E-state index contributed by atoms with van der Waals surface area (Å²) >= 11 is 0. The number of hydrogen-bond donors (Lipinski definition) is 0. The first-order valence-electron chi connectivity index (χ1n) is 9.20. The standard InChI is InChI=1S/C22H21N3O2/c1-3-4-13-25-15(2)23-19(22(25)26)14-16-9-11-17(12-10-16)21-24-18-7-5-6-8-20(18)27-21/h5-12,14H,3-4,13H2,1-2H3/b19-14+. The molecule has 1 amide bonds. The van der Waals surface area contributed by atoms with Gasteiger partial charge >= 0.3 is 0 Å². The Hall–Kier alpha value is -3.21. The van der Waals surface area contributed by atoms with E-state index in [9.17, 15) is 4.79 Å². The van der Waals surface area contributed by atoms with Crippen molar-refractivity contribution < 1.29 is 9.21 Å². The van der Waals surface area contributed by atoms with E-state index in [4.69, 9.17) is 4.42 Å². The van der Waals surface area contributed by atoms with Crippen LogP contribution in [0.2, 0.25) is 0 Å². The molecular weight excluding hydrogens is 338 g/mol. The highest BCUT2D eigenvalue weighted by molar-refractivity contribution is 6.13. The van der Waals surface area contributed by atoms with Crippen molar-refractivity contribution in [1.82, 2.24) is 9.88 Å². The van der Waals surface area contributed by atoms with E-state index in [2.05, 4.69) is 16.9 Å². The van der Waals surface area contributed by atoms with E-state index in [1.54, 1.807) is 4.90 Å². The lowest BCUT2D eigenvalue weighted by Gasteiger charge is -2.14. The molecule has 5 heteroatoms. The van der Waals surface area contributed by atoms with Crippen molar-refractivity contribution in [3.63, 3.8) is 0 Å². The van der Waals surface area contributed by atoms with Crippen LogP contribution in [0.1, 0.15) is 32.3 Å². The van der Waals surface area contributed by atoms with Crippen LogP contribution in [-0.4, -0.2) is 28.2 Å². The Bertz CT molecular complexity index is 1010. The molecular formula is C22H21N3O2. The molecule has 0 saturated carbocycles. The molecule has 136 valence electrons. The summed E-state index contributed by atoms with van der Waals surface area (Å²) in [6.45, 7) is 4.71. The molecule has 0 spiro atoms. The van der Waals surface area contributed by atoms with E-state index >= 15 is 0 Å². The summed E-state index contributed by atoms with van der Waals surface area (Å²) in [5.74, 6) is 1.33. The van der Waals surface area contributed by atoms with Crippen LogP contribution in [0.15, 0.2) is 63.6 Å². The first kappa shape index (κ1) is 17.2. The molecule has 27 heavy (non-hydrogen) atoms. The van der Waals surface area contributed by atoms with Crippen molar-refractivity contribution in [3.05, 3.63) is 59.8 Å². The Morgan fingerprint density at radius 3 is 2.63 bits per heavy atom. The Balaban J connectivity index is 1.56.